The zero-order chi connectivity index (χ0) is 18.0. The number of nitrogens with one attached hydrogen (secondary N) is 1. The van der Waals surface area contributed by atoms with Gasteiger partial charge in [0.1, 0.15) is 0 Å². The van der Waals surface area contributed by atoms with E-state index in [-0.39, 0.29) is 11.5 Å². The minimum atomic E-state index is -2.48. The molecule has 0 saturated heterocycles. The SMILES string of the molecule is C=CC(=O)Nc1cnc2c(c1)c(C)nn2Cc1ccc(C(F)F)cc1. The summed E-state index contributed by atoms with van der Waals surface area (Å²) >= 11 is 0. The molecule has 3 aromatic rings. The van der Waals surface area contributed by atoms with Gasteiger partial charge in [0, 0.05) is 10.9 Å². The number of nitrogens with zero attached hydrogens (tertiary/aromatic N) is 3. The number of fused-ring (bicyclic) bond motifs is 1. The van der Waals surface area contributed by atoms with Crippen LogP contribution in [0.2, 0.25) is 0 Å². The number of aryl methyl sites for hydroxylation is 1. The monoisotopic (exact) mass is 342 g/mol. The summed E-state index contributed by atoms with van der Waals surface area (Å²) in [6.45, 7) is 5.67. The van der Waals surface area contributed by atoms with Crippen molar-refractivity contribution in [2.24, 2.45) is 0 Å². The highest BCUT2D eigenvalue weighted by molar-refractivity contribution is 5.99. The van der Waals surface area contributed by atoms with Crippen LogP contribution in [0, 0.1) is 6.92 Å². The van der Waals surface area contributed by atoms with Gasteiger partial charge in [0.15, 0.2) is 5.65 Å². The van der Waals surface area contributed by atoms with Crippen molar-refractivity contribution >= 4 is 22.6 Å². The third-order valence-corrected chi connectivity index (χ3v) is 3.79. The molecule has 25 heavy (non-hydrogen) atoms. The van der Waals surface area contributed by atoms with Crippen LogP contribution in [0.25, 0.3) is 11.0 Å². The Morgan fingerprint density at radius 1 is 1.36 bits per heavy atom. The lowest BCUT2D eigenvalue weighted by atomic mass is 10.1. The second kappa shape index (κ2) is 6.80. The van der Waals surface area contributed by atoms with E-state index < -0.39 is 6.43 Å². The first-order valence-electron chi connectivity index (χ1n) is 7.61. The minimum Gasteiger partial charge on any atom is -0.321 e. The first kappa shape index (κ1) is 16.8. The molecule has 1 N–H and O–H groups in total. The molecule has 1 aromatic carbocycles. The molecule has 0 aliphatic rings. The van der Waals surface area contributed by atoms with Crippen LogP contribution in [0.5, 0.6) is 0 Å². The Balaban J connectivity index is 1.89. The second-order valence-corrected chi connectivity index (χ2v) is 5.57. The predicted molar refractivity (Wildman–Crippen MR) is 91.6 cm³/mol. The van der Waals surface area contributed by atoms with Gasteiger partial charge in [-0.05, 0) is 24.6 Å². The molecule has 0 saturated carbocycles. The number of aromatic nitrogens is 3. The molecule has 3 rings (SSSR count). The number of benzene rings is 1. The lowest BCUT2D eigenvalue weighted by Gasteiger charge is -2.06. The van der Waals surface area contributed by atoms with Crippen molar-refractivity contribution in [3.63, 3.8) is 0 Å². The van der Waals surface area contributed by atoms with Crippen molar-refractivity contribution < 1.29 is 13.6 Å². The number of hydrogen-bond donors (Lipinski definition) is 1. The lowest BCUT2D eigenvalue weighted by molar-refractivity contribution is -0.111. The molecule has 128 valence electrons. The molecule has 0 unspecified atom stereocenters. The average Bonchev–Trinajstić information content (AvgIpc) is 2.90. The molecule has 0 fully saturated rings. The number of halogens is 2. The normalized spacial score (nSPS) is 11.0. The summed E-state index contributed by atoms with van der Waals surface area (Å²) in [5.74, 6) is -0.315. The van der Waals surface area contributed by atoms with E-state index in [9.17, 15) is 13.6 Å². The Morgan fingerprint density at radius 2 is 2.08 bits per heavy atom. The van der Waals surface area contributed by atoms with Gasteiger partial charge in [-0.15, -0.1) is 0 Å². The average molecular weight is 342 g/mol. The van der Waals surface area contributed by atoms with Gasteiger partial charge in [-0.1, -0.05) is 30.8 Å². The zero-order valence-corrected chi connectivity index (χ0v) is 13.5. The van der Waals surface area contributed by atoms with E-state index in [0.717, 1.165) is 16.6 Å². The summed E-state index contributed by atoms with van der Waals surface area (Å²) in [6, 6.07) is 7.93. The highest BCUT2D eigenvalue weighted by Gasteiger charge is 2.12. The summed E-state index contributed by atoms with van der Waals surface area (Å²) in [5, 5.41) is 7.93. The number of rotatable bonds is 5. The maximum Gasteiger partial charge on any atom is 0.263 e. The van der Waals surface area contributed by atoms with Gasteiger partial charge in [-0.3, -0.25) is 4.79 Å². The third-order valence-electron chi connectivity index (χ3n) is 3.79. The number of anilines is 1. The predicted octanol–water partition coefficient (Wildman–Crippen LogP) is 3.85. The van der Waals surface area contributed by atoms with E-state index in [1.54, 1.807) is 29.1 Å². The van der Waals surface area contributed by atoms with Crippen LogP contribution in [0.15, 0.2) is 49.2 Å². The summed E-state index contributed by atoms with van der Waals surface area (Å²) in [7, 11) is 0. The molecule has 0 bridgehead atoms. The molecule has 0 spiro atoms. The van der Waals surface area contributed by atoms with Crippen LogP contribution in [-0.2, 0) is 11.3 Å². The smallest absolute Gasteiger partial charge is 0.263 e. The van der Waals surface area contributed by atoms with Crippen molar-refractivity contribution in [2.45, 2.75) is 19.9 Å². The molecule has 7 heteroatoms. The van der Waals surface area contributed by atoms with E-state index in [1.165, 1.54) is 18.2 Å². The van der Waals surface area contributed by atoms with Gasteiger partial charge in [0.05, 0.1) is 24.1 Å². The summed E-state index contributed by atoms with van der Waals surface area (Å²) in [4.78, 5) is 15.8. The first-order chi connectivity index (χ1) is 12.0. The van der Waals surface area contributed by atoms with Crippen LogP contribution in [0.4, 0.5) is 14.5 Å². The molecular weight excluding hydrogens is 326 g/mol. The van der Waals surface area contributed by atoms with E-state index in [2.05, 4.69) is 22.0 Å². The van der Waals surface area contributed by atoms with E-state index in [4.69, 9.17) is 0 Å². The Bertz CT molecular complexity index is 932. The maximum absolute atomic E-state index is 12.6. The number of carbonyl (C=O) groups excluding carboxylic acids is 1. The molecule has 0 atom stereocenters. The van der Waals surface area contributed by atoms with Crippen LogP contribution < -0.4 is 5.32 Å². The largest absolute Gasteiger partial charge is 0.321 e. The van der Waals surface area contributed by atoms with Crippen LogP contribution in [-0.4, -0.2) is 20.7 Å². The topological polar surface area (TPSA) is 59.8 Å². The van der Waals surface area contributed by atoms with Crippen LogP contribution in [0.1, 0.15) is 23.2 Å². The molecule has 5 nitrogen and oxygen atoms in total. The fraction of sp³-hybridized carbons (Fsp3) is 0.167. The Morgan fingerprint density at radius 3 is 2.72 bits per heavy atom. The molecule has 1 amide bonds. The van der Waals surface area contributed by atoms with Crippen molar-refractivity contribution in [3.05, 3.63) is 66.0 Å². The van der Waals surface area contributed by atoms with Crippen molar-refractivity contribution in [1.29, 1.82) is 0 Å². The number of pyridine rings is 1. The summed E-state index contributed by atoms with van der Waals surface area (Å²) < 4.78 is 27.0. The number of alkyl halides is 2. The fourth-order valence-corrected chi connectivity index (χ4v) is 2.53. The van der Waals surface area contributed by atoms with Crippen molar-refractivity contribution in [3.8, 4) is 0 Å². The van der Waals surface area contributed by atoms with Gasteiger partial charge in [0.25, 0.3) is 6.43 Å². The van der Waals surface area contributed by atoms with Crippen molar-refractivity contribution in [2.75, 3.05) is 5.32 Å². The summed E-state index contributed by atoms with van der Waals surface area (Å²) in [5.41, 5.74) is 2.82. The first-order valence-corrected chi connectivity index (χ1v) is 7.61. The summed E-state index contributed by atoms with van der Waals surface area (Å²) in [6.07, 6.45) is 0.248. The number of amides is 1. The zero-order valence-electron chi connectivity index (χ0n) is 13.5. The van der Waals surface area contributed by atoms with Gasteiger partial charge < -0.3 is 5.32 Å². The van der Waals surface area contributed by atoms with Crippen LogP contribution in [0.3, 0.4) is 0 Å². The van der Waals surface area contributed by atoms with Crippen LogP contribution >= 0.6 is 0 Å². The standard InChI is InChI=1S/C18H16F2N4O/c1-3-16(25)22-14-8-15-11(2)23-24(18(15)21-9-14)10-12-4-6-13(7-5-12)17(19)20/h3-9,17H,1,10H2,2H3,(H,22,25). The van der Waals surface area contributed by atoms with Gasteiger partial charge in [0.2, 0.25) is 5.91 Å². The molecule has 0 radical (unpaired) electrons. The molecule has 2 aromatic heterocycles. The molecule has 0 aliphatic carbocycles. The Kier molecular flexibility index (Phi) is 4.56. The maximum atomic E-state index is 12.6. The van der Waals surface area contributed by atoms with E-state index in [1.807, 2.05) is 6.92 Å². The Hall–Kier alpha value is -3.09. The van der Waals surface area contributed by atoms with Gasteiger partial charge in [-0.2, -0.15) is 5.10 Å². The third kappa shape index (κ3) is 3.55. The van der Waals surface area contributed by atoms with Gasteiger partial charge in [-0.25, -0.2) is 18.4 Å². The second-order valence-electron chi connectivity index (χ2n) is 5.57. The quantitative estimate of drug-likeness (QED) is 0.717. The highest BCUT2D eigenvalue weighted by atomic mass is 19.3. The van der Waals surface area contributed by atoms with Crippen molar-refractivity contribution in [1.82, 2.24) is 14.8 Å². The molecule has 2 heterocycles. The number of hydrogen-bond acceptors (Lipinski definition) is 3. The number of carbonyl (C=O) groups is 1. The minimum absolute atomic E-state index is 0.00835. The highest BCUT2D eigenvalue weighted by Crippen LogP contribution is 2.22. The van der Waals surface area contributed by atoms with E-state index >= 15 is 0 Å². The molecular formula is C18H16F2N4O. The Labute approximate surface area is 143 Å². The fourth-order valence-electron chi connectivity index (χ4n) is 2.53. The lowest BCUT2D eigenvalue weighted by Crippen LogP contribution is -2.07. The van der Waals surface area contributed by atoms with E-state index in [0.29, 0.717) is 17.9 Å². The molecule has 0 aliphatic heterocycles. The van der Waals surface area contributed by atoms with Gasteiger partial charge >= 0.3 is 0 Å².